The molecule has 3 aromatic rings. The van der Waals surface area contributed by atoms with Crippen LogP contribution in [0.25, 0.3) is 23.2 Å². The van der Waals surface area contributed by atoms with Crippen LogP contribution in [0.1, 0.15) is 21.7 Å². The van der Waals surface area contributed by atoms with E-state index >= 15 is 0 Å². The van der Waals surface area contributed by atoms with Gasteiger partial charge in [-0.1, -0.05) is 36.9 Å². The summed E-state index contributed by atoms with van der Waals surface area (Å²) in [7, 11) is 0. The average Bonchev–Trinajstić information content (AvgIpc) is 3.01. The van der Waals surface area contributed by atoms with Crippen LogP contribution in [0.3, 0.4) is 0 Å². The van der Waals surface area contributed by atoms with Gasteiger partial charge in [-0.05, 0) is 35.9 Å². The number of carbonyl (C=O) groups is 1. The minimum Gasteiger partial charge on any atom is -0.490 e. The molecule has 120 valence electrons. The zero-order valence-corrected chi connectivity index (χ0v) is 12.9. The van der Waals surface area contributed by atoms with Gasteiger partial charge < -0.3 is 14.8 Å². The fraction of sp³-hybridized carbons (Fsp3) is 0.0526. The van der Waals surface area contributed by atoms with Crippen molar-refractivity contribution in [2.75, 3.05) is 6.61 Å². The number of H-pyrrole nitrogens is 1. The number of para-hydroxylation sites is 1. The second-order valence-electron chi connectivity index (χ2n) is 5.13. The van der Waals surface area contributed by atoms with Gasteiger partial charge in [-0.3, -0.25) is 0 Å². The molecule has 0 amide bonds. The molecule has 24 heavy (non-hydrogen) atoms. The number of imidazole rings is 1. The lowest BCUT2D eigenvalue weighted by atomic mass is 10.2. The maximum atomic E-state index is 11.2. The number of benzene rings is 2. The number of nitrogens with zero attached hydrogens (tertiary/aromatic N) is 1. The Morgan fingerprint density at radius 2 is 2.00 bits per heavy atom. The number of hydrogen-bond acceptors (Lipinski definition) is 3. The lowest BCUT2D eigenvalue weighted by Gasteiger charge is -2.02. The molecule has 0 radical (unpaired) electrons. The quantitative estimate of drug-likeness (QED) is 0.673. The summed E-state index contributed by atoms with van der Waals surface area (Å²) in [6, 6.07) is 12.7. The SMILES string of the molecule is C=CCOc1ccc(/C=C/c2nc3c(C(=O)O)cccc3[nH]2)cc1. The highest BCUT2D eigenvalue weighted by Crippen LogP contribution is 2.18. The van der Waals surface area contributed by atoms with E-state index in [2.05, 4.69) is 16.5 Å². The van der Waals surface area contributed by atoms with Crippen LogP contribution in [0.2, 0.25) is 0 Å². The molecule has 0 fully saturated rings. The molecule has 0 saturated carbocycles. The van der Waals surface area contributed by atoms with Gasteiger partial charge in [-0.2, -0.15) is 0 Å². The van der Waals surface area contributed by atoms with Crippen molar-refractivity contribution in [2.45, 2.75) is 0 Å². The summed E-state index contributed by atoms with van der Waals surface area (Å²) in [6.45, 7) is 4.08. The first-order chi connectivity index (χ1) is 11.7. The Labute approximate surface area is 138 Å². The lowest BCUT2D eigenvalue weighted by molar-refractivity contribution is 0.0699. The maximum Gasteiger partial charge on any atom is 0.337 e. The Morgan fingerprint density at radius 3 is 2.71 bits per heavy atom. The van der Waals surface area contributed by atoms with Crippen LogP contribution < -0.4 is 4.74 Å². The van der Waals surface area contributed by atoms with Crippen LogP contribution in [0.4, 0.5) is 0 Å². The van der Waals surface area contributed by atoms with E-state index in [0.717, 1.165) is 11.3 Å². The molecule has 2 aromatic carbocycles. The van der Waals surface area contributed by atoms with Gasteiger partial charge in [0.1, 0.15) is 23.7 Å². The molecule has 1 aromatic heterocycles. The number of rotatable bonds is 6. The van der Waals surface area contributed by atoms with Crippen LogP contribution in [0, 0.1) is 0 Å². The Bertz CT molecular complexity index is 908. The highest BCUT2D eigenvalue weighted by molar-refractivity contribution is 6.01. The number of aromatic nitrogens is 2. The third-order valence-corrected chi connectivity index (χ3v) is 3.44. The summed E-state index contributed by atoms with van der Waals surface area (Å²) < 4.78 is 5.43. The highest BCUT2D eigenvalue weighted by Gasteiger charge is 2.11. The van der Waals surface area contributed by atoms with Crippen molar-refractivity contribution >= 4 is 29.2 Å². The van der Waals surface area contributed by atoms with Crippen LogP contribution >= 0.6 is 0 Å². The van der Waals surface area contributed by atoms with Crippen molar-refractivity contribution in [1.82, 2.24) is 9.97 Å². The summed E-state index contributed by atoms with van der Waals surface area (Å²) >= 11 is 0. The molecule has 0 atom stereocenters. The minimum atomic E-state index is -0.988. The van der Waals surface area contributed by atoms with Crippen molar-refractivity contribution in [2.24, 2.45) is 0 Å². The van der Waals surface area contributed by atoms with E-state index in [1.807, 2.05) is 36.4 Å². The minimum absolute atomic E-state index is 0.187. The van der Waals surface area contributed by atoms with Crippen molar-refractivity contribution < 1.29 is 14.6 Å². The largest absolute Gasteiger partial charge is 0.490 e. The van der Waals surface area contributed by atoms with Crippen molar-refractivity contribution in [1.29, 1.82) is 0 Å². The van der Waals surface area contributed by atoms with Crippen LogP contribution in [0.15, 0.2) is 55.1 Å². The monoisotopic (exact) mass is 320 g/mol. The Hall–Kier alpha value is -3.34. The van der Waals surface area contributed by atoms with Gasteiger partial charge in [0.25, 0.3) is 0 Å². The molecule has 0 aliphatic carbocycles. The average molecular weight is 320 g/mol. The first-order valence-corrected chi connectivity index (χ1v) is 7.41. The molecule has 5 heteroatoms. The first kappa shape index (κ1) is 15.6. The predicted octanol–water partition coefficient (Wildman–Crippen LogP) is 4.00. The predicted molar refractivity (Wildman–Crippen MR) is 94.1 cm³/mol. The fourth-order valence-corrected chi connectivity index (χ4v) is 2.31. The van der Waals surface area contributed by atoms with E-state index in [-0.39, 0.29) is 5.56 Å². The molecule has 0 unspecified atom stereocenters. The van der Waals surface area contributed by atoms with Gasteiger partial charge in [0.05, 0.1) is 11.1 Å². The van der Waals surface area contributed by atoms with Gasteiger partial charge in [0.15, 0.2) is 0 Å². The molecule has 3 rings (SSSR count). The summed E-state index contributed by atoms with van der Waals surface area (Å²) in [5.41, 5.74) is 2.33. The third kappa shape index (κ3) is 3.35. The molecule has 1 heterocycles. The lowest BCUT2D eigenvalue weighted by Crippen LogP contribution is -1.96. The highest BCUT2D eigenvalue weighted by atomic mass is 16.5. The molecule has 0 aliphatic heterocycles. The van der Waals surface area contributed by atoms with Crippen molar-refractivity contribution in [3.8, 4) is 5.75 Å². The normalized spacial score (nSPS) is 11.0. The summed E-state index contributed by atoms with van der Waals surface area (Å²) in [4.78, 5) is 18.7. The van der Waals surface area contributed by atoms with Crippen LogP contribution in [-0.4, -0.2) is 27.7 Å². The molecular weight excluding hydrogens is 304 g/mol. The summed E-state index contributed by atoms with van der Waals surface area (Å²) in [6.07, 6.45) is 5.40. The first-order valence-electron chi connectivity index (χ1n) is 7.41. The molecule has 0 saturated heterocycles. The van der Waals surface area contributed by atoms with E-state index in [9.17, 15) is 9.90 Å². The molecule has 0 bridgehead atoms. The zero-order valence-electron chi connectivity index (χ0n) is 12.9. The number of hydrogen-bond donors (Lipinski definition) is 2. The second-order valence-corrected chi connectivity index (χ2v) is 5.13. The van der Waals surface area contributed by atoms with E-state index < -0.39 is 5.97 Å². The Balaban J connectivity index is 1.81. The number of carboxylic acids is 1. The van der Waals surface area contributed by atoms with Crippen molar-refractivity contribution in [3.63, 3.8) is 0 Å². The number of aromatic carboxylic acids is 1. The number of nitrogens with one attached hydrogen (secondary N) is 1. The standard InChI is InChI=1S/C19H16N2O3/c1-2-12-24-14-9-6-13(7-10-14)8-11-17-20-16-5-3-4-15(19(22)23)18(16)21-17/h2-11H,1,12H2,(H,20,21)(H,22,23)/b11-8+. The topological polar surface area (TPSA) is 75.2 Å². The second kappa shape index (κ2) is 6.83. The smallest absolute Gasteiger partial charge is 0.337 e. The van der Waals surface area contributed by atoms with Gasteiger partial charge in [-0.15, -0.1) is 0 Å². The summed E-state index contributed by atoms with van der Waals surface area (Å²) in [5.74, 6) is 0.394. The van der Waals surface area contributed by atoms with Crippen LogP contribution in [-0.2, 0) is 0 Å². The number of fused-ring (bicyclic) bond motifs is 1. The molecular formula is C19H16N2O3. The van der Waals surface area contributed by atoms with Crippen LogP contribution in [0.5, 0.6) is 5.75 Å². The number of aromatic amines is 1. The van der Waals surface area contributed by atoms with Gasteiger partial charge >= 0.3 is 5.97 Å². The van der Waals surface area contributed by atoms with E-state index in [0.29, 0.717) is 23.5 Å². The Kier molecular flexibility index (Phi) is 4.43. The summed E-state index contributed by atoms with van der Waals surface area (Å²) in [5, 5.41) is 9.20. The maximum absolute atomic E-state index is 11.2. The van der Waals surface area contributed by atoms with Gasteiger partial charge in [-0.25, -0.2) is 9.78 Å². The van der Waals surface area contributed by atoms with Gasteiger partial charge in [0.2, 0.25) is 0 Å². The van der Waals surface area contributed by atoms with Gasteiger partial charge in [0, 0.05) is 0 Å². The van der Waals surface area contributed by atoms with E-state index in [1.165, 1.54) is 0 Å². The molecule has 5 nitrogen and oxygen atoms in total. The third-order valence-electron chi connectivity index (χ3n) is 3.44. The van der Waals surface area contributed by atoms with E-state index in [1.54, 1.807) is 24.3 Å². The zero-order chi connectivity index (χ0) is 16.9. The molecule has 0 aliphatic rings. The molecule has 2 N–H and O–H groups in total. The number of ether oxygens (including phenoxy) is 1. The number of carboxylic acid groups (broad SMARTS) is 1. The Morgan fingerprint density at radius 1 is 1.21 bits per heavy atom. The van der Waals surface area contributed by atoms with E-state index in [4.69, 9.17) is 4.74 Å². The van der Waals surface area contributed by atoms with Crippen molar-refractivity contribution in [3.05, 3.63) is 72.1 Å². The molecule has 0 spiro atoms. The fourth-order valence-electron chi connectivity index (χ4n) is 2.31.